The van der Waals surface area contributed by atoms with Gasteiger partial charge >= 0.3 is 6.03 Å². The van der Waals surface area contributed by atoms with Gasteiger partial charge in [-0.25, -0.2) is 9.78 Å². The highest BCUT2D eigenvalue weighted by Crippen LogP contribution is 2.33. The van der Waals surface area contributed by atoms with Gasteiger partial charge < -0.3 is 15.4 Å². The molecule has 0 fully saturated rings. The zero-order valence-electron chi connectivity index (χ0n) is 15.9. The van der Waals surface area contributed by atoms with Crippen molar-refractivity contribution in [2.75, 3.05) is 5.32 Å². The van der Waals surface area contributed by atoms with Gasteiger partial charge in [-0.2, -0.15) is 5.10 Å². The Labute approximate surface area is 168 Å². The molecule has 3 aromatic rings. The lowest BCUT2D eigenvalue weighted by atomic mass is 10.1. The third kappa shape index (κ3) is 4.80. The van der Waals surface area contributed by atoms with Gasteiger partial charge in [-0.1, -0.05) is 48.0 Å². The first kappa shape index (κ1) is 19.7. The maximum atomic E-state index is 12.7. The third-order valence-electron chi connectivity index (χ3n) is 3.85. The van der Waals surface area contributed by atoms with Crippen molar-refractivity contribution in [3.8, 4) is 5.75 Å². The predicted molar refractivity (Wildman–Crippen MR) is 109 cm³/mol. The Hall–Kier alpha value is -3.06. The smallest absolute Gasteiger partial charge is 0.320 e. The zero-order valence-corrected chi connectivity index (χ0v) is 16.6. The number of aromatic nitrogens is 3. The fourth-order valence-corrected chi connectivity index (χ4v) is 2.90. The molecule has 8 heteroatoms. The second kappa shape index (κ2) is 8.75. The SMILES string of the molecule is Cc1nc(C(NC(=O)Nc2cccc(Cl)c2OC(C)C)c2ccccc2)n[nH]1. The molecule has 0 radical (unpaired) electrons. The number of halogens is 1. The molecule has 0 aliphatic rings. The number of carbonyl (C=O) groups is 1. The van der Waals surface area contributed by atoms with Crippen LogP contribution in [0.25, 0.3) is 0 Å². The second-order valence-electron chi connectivity index (χ2n) is 6.50. The molecular weight excluding hydrogens is 378 g/mol. The van der Waals surface area contributed by atoms with Gasteiger partial charge in [0.25, 0.3) is 0 Å². The predicted octanol–water partition coefficient (Wildman–Crippen LogP) is 4.46. The van der Waals surface area contributed by atoms with Crippen LogP contribution in [0, 0.1) is 6.92 Å². The number of rotatable bonds is 6. The van der Waals surface area contributed by atoms with E-state index < -0.39 is 12.1 Å². The van der Waals surface area contributed by atoms with Gasteiger partial charge in [0.05, 0.1) is 16.8 Å². The molecule has 0 aliphatic carbocycles. The van der Waals surface area contributed by atoms with Crippen molar-refractivity contribution in [3.05, 3.63) is 70.8 Å². The van der Waals surface area contributed by atoms with E-state index in [1.54, 1.807) is 25.1 Å². The Balaban J connectivity index is 1.83. The first-order chi connectivity index (χ1) is 13.4. The molecular formula is C20H22ClN5O2. The molecule has 0 bridgehead atoms. The van der Waals surface area contributed by atoms with E-state index in [4.69, 9.17) is 16.3 Å². The van der Waals surface area contributed by atoms with Gasteiger partial charge in [0.15, 0.2) is 11.6 Å². The molecule has 3 N–H and O–H groups in total. The fourth-order valence-electron chi connectivity index (χ4n) is 2.68. The van der Waals surface area contributed by atoms with Crippen molar-refractivity contribution in [2.45, 2.75) is 32.9 Å². The highest BCUT2D eigenvalue weighted by Gasteiger charge is 2.22. The first-order valence-corrected chi connectivity index (χ1v) is 9.28. The topological polar surface area (TPSA) is 91.9 Å². The van der Waals surface area contributed by atoms with Crippen molar-refractivity contribution < 1.29 is 9.53 Å². The summed E-state index contributed by atoms with van der Waals surface area (Å²) in [4.78, 5) is 17.1. The quantitative estimate of drug-likeness (QED) is 0.570. The molecule has 1 atom stereocenters. The Morgan fingerprint density at radius 1 is 1.14 bits per heavy atom. The number of urea groups is 1. The summed E-state index contributed by atoms with van der Waals surface area (Å²) in [7, 11) is 0. The number of aryl methyl sites for hydroxylation is 1. The van der Waals surface area contributed by atoms with Crippen LogP contribution >= 0.6 is 11.6 Å². The number of benzene rings is 2. The van der Waals surface area contributed by atoms with E-state index in [1.807, 2.05) is 44.2 Å². The lowest BCUT2D eigenvalue weighted by Gasteiger charge is -2.19. The van der Waals surface area contributed by atoms with Gasteiger partial charge in [-0.05, 0) is 38.5 Å². The Morgan fingerprint density at radius 2 is 1.89 bits per heavy atom. The van der Waals surface area contributed by atoms with Crippen LogP contribution in [-0.4, -0.2) is 27.3 Å². The highest BCUT2D eigenvalue weighted by molar-refractivity contribution is 6.32. The van der Waals surface area contributed by atoms with Crippen molar-refractivity contribution in [2.24, 2.45) is 0 Å². The summed E-state index contributed by atoms with van der Waals surface area (Å²) in [6, 6.07) is 13.8. The minimum Gasteiger partial charge on any atom is -0.487 e. The van der Waals surface area contributed by atoms with Crippen molar-refractivity contribution >= 4 is 23.3 Å². The molecule has 2 amide bonds. The molecule has 28 heavy (non-hydrogen) atoms. The minimum absolute atomic E-state index is 0.0863. The van der Waals surface area contributed by atoms with E-state index in [0.29, 0.717) is 28.1 Å². The van der Waals surface area contributed by atoms with E-state index >= 15 is 0 Å². The molecule has 0 saturated carbocycles. The Bertz CT molecular complexity index is 943. The number of para-hydroxylation sites is 1. The molecule has 0 aliphatic heterocycles. The minimum atomic E-state index is -0.514. The third-order valence-corrected chi connectivity index (χ3v) is 4.15. The number of nitrogens with zero attached hydrogens (tertiary/aromatic N) is 2. The largest absolute Gasteiger partial charge is 0.487 e. The zero-order chi connectivity index (χ0) is 20.1. The van der Waals surface area contributed by atoms with Crippen molar-refractivity contribution in [1.82, 2.24) is 20.5 Å². The summed E-state index contributed by atoms with van der Waals surface area (Å²) in [5, 5.41) is 13.2. The fraction of sp³-hybridized carbons (Fsp3) is 0.250. The normalized spacial score (nSPS) is 11.9. The van der Waals surface area contributed by atoms with Crippen LogP contribution in [0.15, 0.2) is 48.5 Å². The van der Waals surface area contributed by atoms with Gasteiger partial charge in [0, 0.05) is 0 Å². The molecule has 2 aromatic carbocycles. The van der Waals surface area contributed by atoms with Crippen LogP contribution in [0.4, 0.5) is 10.5 Å². The van der Waals surface area contributed by atoms with Crippen LogP contribution < -0.4 is 15.4 Å². The Morgan fingerprint density at radius 3 is 2.54 bits per heavy atom. The summed E-state index contributed by atoms with van der Waals surface area (Å²) < 4.78 is 5.75. The van der Waals surface area contributed by atoms with Crippen molar-refractivity contribution in [1.29, 1.82) is 0 Å². The molecule has 7 nitrogen and oxygen atoms in total. The van der Waals surface area contributed by atoms with Gasteiger partial charge in [-0.3, -0.25) is 5.10 Å². The maximum absolute atomic E-state index is 12.7. The van der Waals surface area contributed by atoms with Crippen LogP contribution in [0.5, 0.6) is 5.75 Å². The molecule has 1 aromatic heterocycles. The molecule has 0 saturated heterocycles. The number of hydrogen-bond acceptors (Lipinski definition) is 4. The number of H-pyrrole nitrogens is 1. The van der Waals surface area contributed by atoms with Crippen LogP contribution in [0.1, 0.15) is 37.1 Å². The molecule has 0 spiro atoms. The van der Waals surface area contributed by atoms with E-state index in [0.717, 1.165) is 5.56 Å². The number of ether oxygens (including phenoxy) is 1. The standard InChI is InChI=1S/C20H22ClN5O2/c1-12(2)28-18-15(21)10-7-11-16(18)23-20(27)24-17(14-8-5-4-6-9-14)19-22-13(3)25-26-19/h4-12,17H,1-3H3,(H,22,25,26)(H2,23,24,27). The summed E-state index contributed by atoms with van der Waals surface area (Å²) >= 11 is 6.24. The van der Waals surface area contributed by atoms with E-state index in [9.17, 15) is 4.79 Å². The average molecular weight is 400 g/mol. The van der Waals surface area contributed by atoms with Crippen LogP contribution in [0.2, 0.25) is 5.02 Å². The molecule has 1 unspecified atom stereocenters. The summed E-state index contributed by atoms with van der Waals surface area (Å²) in [5.74, 6) is 1.57. The molecule has 146 valence electrons. The summed E-state index contributed by atoms with van der Waals surface area (Å²) in [6.07, 6.45) is -0.0863. The van der Waals surface area contributed by atoms with Gasteiger partial charge in [0.1, 0.15) is 11.9 Å². The summed E-state index contributed by atoms with van der Waals surface area (Å²) in [5.41, 5.74) is 1.35. The van der Waals surface area contributed by atoms with E-state index in [-0.39, 0.29) is 6.10 Å². The van der Waals surface area contributed by atoms with Crippen LogP contribution in [0.3, 0.4) is 0 Å². The number of aromatic amines is 1. The number of amides is 2. The number of anilines is 1. The average Bonchev–Trinajstić information content (AvgIpc) is 3.09. The number of carbonyl (C=O) groups excluding carboxylic acids is 1. The van der Waals surface area contributed by atoms with Crippen molar-refractivity contribution in [3.63, 3.8) is 0 Å². The Kier molecular flexibility index (Phi) is 6.16. The lowest BCUT2D eigenvalue weighted by Crippen LogP contribution is -2.34. The second-order valence-corrected chi connectivity index (χ2v) is 6.91. The van der Waals surface area contributed by atoms with Gasteiger partial charge in [-0.15, -0.1) is 0 Å². The monoisotopic (exact) mass is 399 g/mol. The highest BCUT2D eigenvalue weighted by atomic mass is 35.5. The number of nitrogens with one attached hydrogen (secondary N) is 3. The van der Waals surface area contributed by atoms with Crippen LogP contribution in [-0.2, 0) is 0 Å². The summed E-state index contributed by atoms with van der Waals surface area (Å²) in [6.45, 7) is 5.59. The lowest BCUT2D eigenvalue weighted by molar-refractivity contribution is 0.241. The molecule has 3 rings (SSSR count). The van der Waals surface area contributed by atoms with Gasteiger partial charge in [0.2, 0.25) is 0 Å². The van der Waals surface area contributed by atoms with E-state index in [1.165, 1.54) is 0 Å². The number of hydrogen-bond donors (Lipinski definition) is 3. The molecule has 1 heterocycles. The maximum Gasteiger partial charge on any atom is 0.320 e. The first-order valence-electron chi connectivity index (χ1n) is 8.90. The van der Waals surface area contributed by atoms with E-state index in [2.05, 4.69) is 25.8 Å².